The molecule has 8 bridgehead atoms. The molecule has 340 valence electrons. The number of allylic oxidation sites excluding steroid dienone is 2. The third kappa shape index (κ3) is 6.13. The fourth-order valence-corrected chi connectivity index (χ4v) is 16.5. The van der Waals surface area contributed by atoms with Crippen LogP contribution in [0.15, 0.2) is 36.4 Å². The molecular formula is C48H54N2O12S2. The Kier molecular flexibility index (Phi) is 9.73. The van der Waals surface area contributed by atoms with Gasteiger partial charge < -0.3 is 40.5 Å². The monoisotopic (exact) mass is 914 g/mol. The summed E-state index contributed by atoms with van der Waals surface area (Å²) in [5.41, 5.74) is -4.20. The largest absolute Gasteiger partial charge is 0.506 e. The molecule has 0 aromatic heterocycles. The Bertz CT molecular complexity index is 2510. The van der Waals surface area contributed by atoms with E-state index in [1.165, 1.54) is 18.2 Å². The zero-order chi connectivity index (χ0) is 45.7. The summed E-state index contributed by atoms with van der Waals surface area (Å²) >= 11 is 4.72. The first-order chi connectivity index (χ1) is 30.1. The van der Waals surface area contributed by atoms with E-state index in [0.717, 1.165) is 43.5 Å². The topological polar surface area (TPSA) is 226 Å². The number of carbonyl (C=O) groups excluding carboxylic acids is 6. The van der Waals surface area contributed by atoms with Crippen LogP contribution >= 0.6 is 24.4 Å². The zero-order valence-electron chi connectivity index (χ0n) is 36.2. The minimum Gasteiger partial charge on any atom is -0.506 e. The van der Waals surface area contributed by atoms with Gasteiger partial charge in [0.1, 0.15) is 28.7 Å². The fourth-order valence-electron chi connectivity index (χ4n) is 15.0. The van der Waals surface area contributed by atoms with Crippen molar-refractivity contribution in [3.63, 3.8) is 0 Å². The van der Waals surface area contributed by atoms with Crippen LogP contribution in [0.2, 0.25) is 0 Å². The number of carbonyl (C=O) groups is 6. The normalized spacial score (nSPS) is 40.4. The molecule has 6 aliphatic carbocycles. The first kappa shape index (κ1) is 43.5. The number of anilines is 2. The average Bonchev–Trinajstić information content (AvgIpc) is 3.79. The van der Waals surface area contributed by atoms with Crippen molar-refractivity contribution in [2.24, 2.45) is 45.3 Å². The van der Waals surface area contributed by atoms with Gasteiger partial charge >= 0.3 is 0 Å². The van der Waals surface area contributed by atoms with Gasteiger partial charge in [0.25, 0.3) is 0 Å². The third-order valence-corrected chi connectivity index (χ3v) is 19.2. The lowest BCUT2D eigenvalue weighted by Crippen LogP contribution is -2.63. The number of thiol groups is 1. The number of benzene rings is 2. The molecule has 5 saturated carbocycles. The number of phenolic OH excluding ortho intramolecular Hbond substituents is 4. The molecular weight excluding hydrogens is 861 g/mol. The predicted molar refractivity (Wildman–Crippen MR) is 237 cm³/mol. The quantitative estimate of drug-likeness (QED) is 0.0874. The lowest BCUT2D eigenvalue weighted by Gasteiger charge is -2.60. The summed E-state index contributed by atoms with van der Waals surface area (Å²) < 4.78 is 13.2. The highest BCUT2D eigenvalue weighted by atomic mass is 32.2. The molecule has 2 spiro atoms. The number of hydrogen-bond donors (Lipinski definition) is 7. The number of aromatic hydroxyl groups is 4. The van der Waals surface area contributed by atoms with Crippen molar-refractivity contribution in [1.82, 2.24) is 0 Å². The molecule has 4 heterocycles. The van der Waals surface area contributed by atoms with Gasteiger partial charge in [-0.2, -0.15) is 0 Å². The Labute approximate surface area is 380 Å². The molecule has 2 aromatic rings. The number of rotatable bonds is 11. The molecule has 12 rings (SSSR count). The van der Waals surface area contributed by atoms with Crippen LogP contribution in [0.25, 0.3) is 0 Å². The number of phenols is 4. The first-order valence-electron chi connectivity index (χ1n) is 22.3. The van der Waals surface area contributed by atoms with E-state index in [-0.39, 0.29) is 107 Å². The van der Waals surface area contributed by atoms with Gasteiger partial charge in [-0.1, -0.05) is 31.7 Å². The Hall–Kier alpha value is -4.38. The Morgan fingerprint density at radius 2 is 1.30 bits per heavy atom. The van der Waals surface area contributed by atoms with Crippen molar-refractivity contribution in [2.75, 3.05) is 10.6 Å². The minimum atomic E-state index is -1.04. The molecule has 13 atom stereocenters. The highest BCUT2D eigenvalue weighted by Gasteiger charge is 2.76. The number of Topliss-reactive ketones (excluding diaryl/α,β-unsaturated/α-hetero) is 1. The van der Waals surface area contributed by atoms with Gasteiger partial charge in [0.05, 0.1) is 34.5 Å². The van der Waals surface area contributed by atoms with E-state index >= 15 is 0 Å². The van der Waals surface area contributed by atoms with Crippen LogP contribution < -0.4 is 10.6 Å². The summed E-state index contributed by atoms with van der Waals surface area (Å²) in [6, 6.07) is 4.89. The molecule has 2 amide bonds. The second-order valence-electron chi connectivity index (χ2n) is 21.2. The summed E-state index contributed by atoms with van der Waals surface area (Å²) in [7, 11) is 0. The van der Waals surface area contributed by atoms with Crippen LogP contribution in [-0.2, 0) is 28.7 Å². The maximum atomic E-state index is 14.5. The van der Waals surface area contributed by atoms with Gasteiger partial charge in [0, 0.05) is 47.2 Å². The standard InChI is InChI=1S/C48H54N2O12S2/c1-43(30(53)9-14-47-18-22-15-28(39(43)47)61-45(22,3)20-47)12-10-33(55)50-36-27(52)8-6-25(38(36)58)42(60)64-32-17-31(54)44(2,40-29-16-23-19-48(32,40)21-46(23,4)62-29)13-11-34(56)49-35-26(51)7-5-24(37(35)57)41(59)63/h5-9,14,22-23,28-29,32,39-40,51-52,57-58H,10-13,15-21H2,1-4H3,(H,49,56)(H,50,55)(H,59,63)/t22-,23-,28+,29-,32?,39+,40+,43-,44-,45+,46+,47+,48+/m1/s1. The predicted octanol–water partition coefficient (Wildman–Crippen LogP) is 7.23. The van der Waals surface area contributed by atoms with Crippen molar-refractivity contribution in [3.8, 4) is 23.0 Å². The van der Waals surface area contributed by atoms with Crippen LogP contribution in [0.1, 0.15) is 119 Å². The van der Waals surface area contributed by atoms with Crippen LogP contribution in [0.5, 0.6) is 23.0 Å². The Morgan fingerprint density at radius 1 is 0.750 bits per heavy atom. The average molecular weight is 915 g/mol. The van der Waals surface area contributed by atoms with Gasteiger partial charge in [0.2, 0.25) is 22.0 Å². The van der Waals surface area contributed by atoms with E-state index < -0.39 is 72.1 Å². The van der Waals surface area contributed by atoms with Crippen molar-refractivity contribution in [1.29, 1.82) is 0 Å². The summed E-state index contributed by atoms with van der Waals surface area (Å²) in [4.78, 5) is 81.3. The van der Waals surface area contributed by atoms with Gasteiger partial charge in [-0.05, 0) is 118 Å². The van der Waals surface area contributed by atoms with Crippen molar-refractivity contribution in [2.45, 2.75) is 127 Å². The lowest BCUT2D eigenvalue weighted by molar-refractivity contribution is -0.189. The molecule has 10 aliphatic rings. The summed E-state index contributed by atoms with van der Waals surface area (Å²) in [6.07, 6.45) is 8.26. The highest BCUT2D eigenvalue weighted by molar-refractivity contribution is 8.14. The summed E-state index contributed by atoms with van der Waals surface area (Å²) in [5.74, 6) is -3.18. The van der Waals surface area contributed by atoms with E-state index in [9.17, 15) is 49.2 Å². The molecule has 9 fully saturated rings. The SMILES string of the molecule is C[C@]12C[C@@]34C=CC(=O)[C@@](C)(CCC(=O)Nc5c(O)ccc(C(=O)SC6CC(=O)[C@@](C)(CCC(=O)Nc7c(O)ccc(C(=O)S)c7O)[C@@H]7[C@H]8C[C@@H]9C[C@]67C[C@]9(C)O8)c5O)[C@@H]3[C@H](C[C@@H]1C4)O2. The van der Waals surface area contributed by atoms with E-state index in [4.69, 9.17) is 9.47 Å². The van der Waals surface area contributed by atoms with Crippen LogP contribution in [0.4, 0.5) is 11.4 Å². The first-order valence-corrected chi connectivity index (χ1v) is 23.7. The van der Waals surface area contributed by atoms with Crippen LogP contribution in [0, 0.1) is 45.3 Å². The smallest absolute Gasteiger partial charge is 0.224 e. The molecule has 4 saturated heterocycles. The maximum Gasteiger partial charge on any atom is 0.224 e. The molecule has 0 radical (unpaired) electrons. The van der Waals surface area contributed by atoms with Crippen molar-refractivity contribution < 1.29 is 58.7 Å². The van der Waals surface area contributed by atoms with E-state index in [1.54, 1.807) is 6.08 Å². The molecule has 4 aliphatic heterocycles. The number of amides is 2. The fraction of sp³-hybridized carbons (Fsp3) is 0.583. The Morgan fingerprint density at radius 3 is 1.89 bits per heavy atom. The highest BCUT2D eigenvalue weighted by Crippen LogP contribution is 2.75. The van der Waals surface area contributed by atoms with Gasteiger partial charge in [-0.15, -0.1) is 12.6 Å². The molecule has 1 unspecified atom stereocenters. The van der Waals surface area contributed by atoms with Gasteiger partial charge in [-0.3, -0.25) is 28.8 Å². The molecule has 6 N–H and O–H groups in total. The van der Waals surface area contributed by atoms with Crippen molar-refractivity contribution in [3.05, 3.63) is 47.5 Å². The van der Waals surface area contributed by atoms with Gasteiger partial charge in [-0.25, -0.2) is 0 Å². The van der Waals surface area contributed by atoms with E-state index in [1.807, 2.05) is 13.8 Å². The number of nitrogens with one attached hydrogen (secondary N) is 2. The summed E-state index contributed by atoms with van der Waals surface area (Å²) in [6.45, 7) is 8.01. The van der Waals surface area contributed by atoms with Gasteiger partial charge in [0.15, 0.2) is 17.3 Å². The zero-order valence-corrected chi connectivity index (χ0v) is 37.9. The third-order valence-electron chi connectivity index (χ3n) is 17.6. The second kappa shape index (κ2) is 14.3. The molecule has 14 nitrogen and oxygen atoms in total. The number of ether oxygens (including phenoxy) is 2. The van der Waals surface area contributed by atoms with Crippen LogP contribution in [0.3, 0.4) is 0 Å². The van der Waals surface area contributed by atoms with E-state index in [2.05, 4.69) is 43.2 Å². The lowest BCUT2D eigenvalue weighted by atomic mass is 9.48. The minimum absolute atomic E-state index is 0.0113. The van der Waals surface area contributed by atoms with Crippen molar-refractivity contribution >= 4 is 69.4 Å². The molecule has 2 aromatic carbocycles. The number of ketones is 2. The second-order valence-corrected chi connectivity index (χ2v) is 22.7. The Balaban J connectivity index is 0.847. The maximum absolute atomic E-state index is 14.5. The number of thioether (sulfide) groups is 1. The molecule has 16 heteroatoms. The van der Waals surface area contributed by atoms with E-state index in [0.29, 0.717) is 18.8 Å². The molecule has 64 heavy (non-hydrogen) atoms. The summed E-state index contributed by atoms with van der Waals surface area (Å²) in [5, 5.41) is 46.7. The van der Waals surface area contributed by atoms with Crippen LogP contribution in [-0.4, -0.2) is 82.7 Å². The number of hydrogen-bond acceptors (Lipinski definition) is 13.